The SMILES string of the molecule is CNC(c1ccc(I)cc1)c1c(Br)cnn1C. The van der Waals surface area contributed by atoms with E-state index < -0.39 is 0 Å². The molecule has 90 valence electrons. The van der Waals surface area contributed by atoms with Crippen LogP contribution in [0.15, 0.2) is 34.9 Å². The predicted molar refractivity (Wildman–Crippen MR) is 81.0 cm³/mol. The molecule has 0 saturated carbocycles. The topological polar surface area (TPSA) is 29.9 Å². The van der Waals surface area contributed by atoms with Gasteiger partial charge < -0.3 is 5.32 Å². The minimum absolute atomic E-state index is 0.147. The first-order chi connectivity index (χ1) is 8.13. The Bertz CT molecular complexity index is 487. The fourth-order valence-electron chi connectivity index (χ4n) is 1.86. The molecule has 0 aliphatic heterocycles. The number of benzene rings is 1. The van der Waals surface area contributed by atoms with Crippen molar-refractivity contribution in [1.29, 1.82) is 0 Å². The molecule has 1 aromatic heterocycles. The maximum absolute atomic E-state index is 4.26. The van der Waals surface area contributed by atoms with Gasteiger partial charge >= 0.3 is 0 Å². The molecule has 1 atom stereocenters. The fraction of sp³-hybridized carbons (Fsp3) is 0.250. The number of rotatable bonds is 3. The molecule has 0 aliphatic rings. The van der Waals surface area contributed by atoms with Gasteiger partial charge in [-0.25, -0.2) is 0 Å². The van der Waals surface area contributed by atoms with Crippen LogP contribution in [0.25, 0.3) is 0 Å². The van der Waals surface area contributed by atoms with E-state index in [2.05, 4.69) is 73.2 Å². The lowest BCUT2D eigenvalue weighted by Gasteiger charge is -2.18. The van der Waals surface area contributed by atoms with Crippen LogP contribution >= 0.6 is 38.5 Å². The van der Waals surface area contributed by atoms with E-state index in [1.807, 2.05) is 25.0 Å². The molecule has 1 N–H and O–H groups in total. The summed E-state index contributed by atoms with van der Waals surface area (Å²) in [6.45, 7) is 0. The Balaban J connectivity index is 2.43. The molecule has 0 saturated heterocycles. The van der Waals surface area contributed by atoms with Crippen molar-refractivity contribution in [2.24, 2.45) is 7.05 Å². The van der Waals surface area contributed by atoms with Crippen LogP contribution < -0.4 is 5.32 Å². The first kappa shape index (κ1) is 13.0. The normalized spacial score (nSPS) is 12.7. The minimum Gasteiger partial charge on any atom is -0.308 e. The lowest BCUT2D eigenvalue weighted by atomic mass is 10.0. The zero-order valence-corrected chi connectivity index (χ0v) is 13.4. The summed E-state index contributed by atoms with van der Waals surface area (Å²) in [5.74, 6) is 0. The Kier molecular flexibility index (Phi) is 4.22. The van der Waals surface area contributed by atoms with Gasteiger partial charge in [0.2, 0.25) is 0 Å². The van der Waals surface area contributed by atoms with Crippen molar-refractivity contribution in [3.05, 3.63) is 49.8 Å². The molecule has 1 aromatic carbocycles. The van der Waals surface area contributed by atoms with E-state index in [0.29, 0.717) is 0 Å². The molecule has 0 fully saturated rings. The zero-order valence-electron chi connectivity index (χ0n) is 9.61. The second-order valence-electron chi connectivity index (χ2n) is 3.77. The zero-order chi connectivity index (χ0) is 12.4. The van der Waals surface area contributed by atoms with Gasteiger partial charge in [0, 0.05) is 10.6 Å². The Morgan fingerprint density at radius 3 is 2.47 bits per heavy atom. The summed E-state index contributed by atoms with van der Waals surface area (Å²) >= 11 is 5.86. The second kappa shape index (κ2) is 5.49. The van der Waals surface area contributed by atoms with Crippen molar-refractivity contribution in [3.8, 4) is 0 Å². The molecule has 2 rings (SSSR count). The maximum atomic E-state index is 4.26. The van der Waals surface area contributed by atoms with Gasteiger partial charge in [-0.2, -0.15) is 5.10 Å². The Labute approximate surface area is 123 Å². The van der Waals surface area contributed by atoms with E-state index in [4.69, 9.17) is 0 Å². The van der Waals surface area contributed by atoms with Gasteiger partial charge in [0.25, 0.3) is 0 Å². The highest BCUT2D eigenvalue weighted by molar-refractivity contribution is 14.1. The van der Waals surface area contributed by atoms with E-state index in [-0.39, 0.29) is 6.04 Å². The third-order valence-corrected chi connectivity index (χ3v) is 4.03. The number of hydrogen-bond donors (Lipinski definition) is 1. The molecule has 0 amide bonds. The van der Waals surface area contributed by atoms with Crippen LogP contribution in [0.2, 0.25) is 0 Å². The van der Waals surface area contributed by atoms with Gasteiger partial charge in [-0.1, -0.05) is 12.1 Å². The summed E-state index contributed by atoms with van der Waals surface area (Å²) in [5.41, 5.74) is 2.37. The highest BCUT2D eigenvalue weighted by Gasteiger charge is 2.18. The minimum atomic E-state index is 0.147. The molecular formula is C12H13BrIN3. The number of nitrogens with zero attached hydrogens (tertiary/aromatic N) is 2. The molecule has 0 radical (unpaired) electrons. The summed E-state index contributed by atoms with van der Waals surface area (Å²) in [6, 6.07) is 8.66. The molecule has 1 heterocycles. The summed E-state index contributed by atoms with van der Waals surface area (Å²) in [5, 5.41) is 7.58. The van der Waals surface area contributed by atoms with E-state index in [1.54, 1.807) is 0 Å². The second-order valence-corrected chi connectivity index (χ2v) is 5.87. The smallest absolute Gasteiger partial charge is 0.0757 e. The highest BCUT2D eigenvalue weighted by Crippen LogP contribution is 2.28. The van der Waals surface area contributed by atoms with Crippen molar-refractivity contribution in [1.82, 2.24) is 15.1 Å². The quantitative estimate of drug-likeness (QED) is 0.795. The predicted octanol–water partition coefficient (Wildman–Crippen LogP) is 3.10. The molecule has 2 aromatic rings. The van der Waals surface area contributed by atoms with Crippen LogP contribution in [0.1, 0.15) is 17.3 Å². The standard InChI is InChI=1S/C12H13BrIN3/c1-15-11(8-3-5-9(14)6-4-8)12-10(13)7-16-17(12)2/h3-7,11,15H,1-2H3. The number of halogens is 2. The van der Waals surface area contributed by atoms with Crippen LogP contribution in [0, 0.1) is 3.57 Å². The van der Waals surface area contributed by atoms with Crippen molar-refractivity contribution in [3.63, 3.8) is 0 Å². The first-order valence-corrected chi connectivity index (χ1v) is 7.10. The van der Waals surface area contributed by atoms with Gasteiger partial charge in [0.1, 0.15) is 0 Å². The van der Waals surface area contributed by atoms with Crippen LogP contribution in [-0.4, -0.2) is 16.8 Å². The lowest BCUT2D eigenvalue weighted by Crippen LogP contribution is -2.21. The van der Waals surface area contributed by atoms with Crippen LogP contribution in [-0.2, 0) is 7.05 Å². The van der Waals surface area contributed by atoms with E-state index in [0.717, 1.165) is 10.2 Å². The van der Waals surface area contributed by atoms with Crippen molar-refractivity contribution < 1.29 is 0 Å². The molecule has 1 unspecified atom stereocenters. The summed E-state index contributed by atoms with van der Waals surface area (Å²) in [4.78, 5) is 0. The molecule has 5 heteroatoms. The summed E-state index contributed by atoms with van der Waals surface area (Å²) < 4.78 is 4.16. The third kappa shape index (κ3) is 2.71. The Morgan fingerprint density at radius 2 is 2.00 bits per heavy atom. The molecule has 0 spiro atoms. The summed E-state index contributed by atoms with van der Waals surface area (Å²) in [6.07, 6.45) is 1.83. The average Bonchev–Trinajstić information content (AvgIpc) is 2.64. The van der Waals surface area contributed by atoms with Crippen LogP contribution in [0.5, 0.6) is 0 Å². The maximum Gasteiger partial charge on any atom is 0.0757 e. The first-order valence-electron chi connectivity index (χ1n) is 5.23. The van der Waals surface area contributed by atoms with Crippen molar-refractivity contribution in [2.45, 2.75) is 6.04 Å². The van der Waals surface area contributed by atoms with Crippen LogP contribution in [0.3, 0.4) is 0 Å². The van der Waals surface area contributed by atoms with Gasteiger partial charge in [-0.15, -0.1) is 0 Å². The molecule has 3 nitrogen and oxygen atoms in total. The fourth-order valence-corrected chi connectivity index (χ4v) is 2.80. The lowest BCUT2D eigenvalue weighted by molar-refractivity contribution is 0.604. The molecule has 17 heavy (non-hydrogen) atoms. The Hall–Kier alpha value is -0.400. The van der Waals surface area contributed by atoms with Gasteiger partial charge in [0.15, 0.2) is 0 Å². The van der Waals surface area contributed by atoms with Crippen molar-refractivity contribution in [2.75, 3.05) is 7.05 Å². The average molecular weight is 406 g/mol. The molecule has 0 bridgehead atoms. The largest absolute Gasteiger partial charge is 0.308 e. The molecule has 0 aliphatic carbocycles. The van der Waals surface area contributed by atoms with E-state index in [1.165, 1.54) is 9.13 Å². The van der Waals surface area contributed by atoms with Crippen LogP contribution in [0.4, 0.5) is 0 Å². The van der Waals surface area contributed by atoms with E-state index >= 15 is 0 Å². The van der Waals surface area contributed by atoms with E-state index in [9.17, 15) is 0 Å². The van der Waals surface area contributed by atoms with Gasteiger partial charge in [-0.3, -0.25) is 4.68 Å². The Morgan fingerprint density at radius 1 is 1.35 bits per heavy atom. The van der Waals surface area contributed by atoms with Crippen molar-refractivity contribution >= 4 is 38.5 Å². The highest BCUT2D eigenvalue weighted by atomic mass is 127. The number of aryl methyl sites for hydroxylation is 1. The summed E-state index contributed by atoms with van der Waals surface area (Å²) in [7, 11) is 3.92. The third-order valence-electron chi connectivity index (χ3n) is 2.70. The number of hydrogen-bond acceptors (Lipinski definition) is 2. The van der Waals surface area contributed by atoms with Gasteiger partial charge in [0.05, 0.1) is 22.4 Å². The van der Waals surface area contributed by atoms with Gasteiger partial charge in [-0.05, 0) is 63.3 Å². The monoisotopic (exact) mass is 405 g/mol. The number of nitrogens with one attached hydrogen (secondary N) is 1. The molecular weight excluding hydrogens is 393 g/mol. The number of aromatic nitrogens is 2.